The van der Waals surface area contributed by atoms with Crippen LogP contribution in [0.2, 0.25) is 0 Å². The Balaban J connectivity index is 1.83. The van der Waals surface area contributed by atoms with Crippen molar-refractivity contribution in [2.24, 2.45) is 0 Å². The zero-order valence-corrected chi connectivity index (χ0v) is 21.2. The van der Waals surface area contributed by atoms with E-state index in [9.17, 15) is 21.6 Å². The van der Waals surface area contributed by atoms with Crippen molar-refractivity contribution in [2.75, 3.05) is 23.4 Å². The number of benzene rings is 2. The minimum Gasteiger partial charge on any atom is -0.476 e. The first kappa shape index (κ1) is 25.0. The van der Waals surface area contributed by atoms with Gasteiger partial charge in [0.05, 0.1) is 29.4 Å². The predicted octanol–water partition coefficient (Wildman–Crippen LogP) is 2.79. The number of sulfonamides is 1. The molecule has 1 aliphatic heterocycles. The molecule has 0 saturated heterocycles. The van der Waals surface area contributed by atoms with Crippen molar-refractivity contribution < 1.29 is 26.4 Å². The molecule has 0 spiro atoms. The second-order valence-corrected chi connectivity index (χ2v) is 13.3. The molecule has 1 aliphatic rings. The molecule has 3 rings (SSSR count). The molecule has 0 bridgehead atoms. The maximum absolute atomic E-state index is 13.0. The lowest BCUT2D eigenvalue weighted by atomic mass is 9.86. The lowest BCUT2D eigenvalue weighted by Crippen LogP contribution is -2.50. The number of sulfone groups is 1. The summed E-state index contributed by atoms with van der Waals surface area (Å²) in [5.74, 6) is -0.140. The van der Waals surface area contributed by atoms with Gasteiger partial charge in [-0.05, 0) is 47.7 Å². The van der Waals surface area contributed by atoms with E-state index in [0.717, 1.165) is 18.1 Å². The van der Waals surface area contributed by atoms with Crippen LogP contribution in [0.1, 0.15) is 44.9 Å². The second kappa shape index (κ2) is 8.64. The molecule has 8 nitrogen and oxygen atoms in total. The van der Waals surface area contributed by atoms with Crippen LogP contribution in [0.3, 0.4) is 0 Å². The number of anilines is 1. The summed E-state index contributed by atoms with van der Waals surface area (Å²) in [4.78, 5) is 13.2. The highest BCUT2D eigenvalue weighted by Crippen LogP contribution is 2.38. The highest BCUT2D eigenvalue weighted by molar-refractivity contribution is 7.92. The Morgan fingerprint density at radius 1 is 1.06 bits per heavy atom. The fourth-order valence-corrected chi connectivity index (χ4v) is 5.10. The quantitative estimate of drug-likeness (QED) is 0.685. The summed E-state index contributed by atoms with van der Waals surface area (Å²) >= 11 is 0. The third-order valence-electron chi connectivity index (χ3n) is 5.55. The molecule has 33 heavy (non-hydrogen) atoms. The van der Waals surface area contributed by atoms with Gasteiger partial charge in [-0.2, -0.15) is 0 Å². The van der Waals surface area contributed by atoms with Gasteiger partial charge in [0, 0.05) is 6.26 Å². The Hall–Kier alpha value is -2.59. The summed E-state index contributed by atoms with van der Waals surface area (Å²) in [5.41, 5.74) is 1.89. The maximum Gasteiger partial charge on any atom is 0.263 e. The number of carbonyl (C=O) groups excluding carboxylic acids is 1. The van der Waals surface area contributed by atoms with Gasteiger partial charge in [-0.1, -0.05) is 39.0 Å². The number of fused-ring (bicyclic) bond motifs is 1. The zero-order chi connectivity index (χ0) is 24.8. The largest absolute Gasteiger partial charge is 0.476 e. The summed E-state index contributed by atoms with van der Waals surface area (Å²) in [5, 5.41) is 2.83. The minimum absolute atomic E-state index is 0.148. The van der Waals surface area contributed by atoms with Crippen molar-refractivity contribution >= 4 is 31.5 Å². The van der Waals surface area contributed by atoms with Gasteiger partial charge in [0.1, 0.15) is 5.75 Å². The maximum atomic E-state index is 13.0. The molecule has 2 aromatic carbocycles. The van der Waals surface area contributed by atoms with Gasteiger partial charge in [-0.25, -0.2) is 16.8 Å². The van der Waals surface area contributed by atoms with Gasteiger partial charge < -0.3 is 10.1 Å². The third-order valence-corrected chi connectivity index (χ3v) is 7.83. The monoisotopic (exact) mass is 494 g/mol. The topological polar surface area (TPSA) is 110 Å². The van der Waals surface area contributed by atoms with Crippen LogP contribution in [0.15, 0.2) is 47.4 Å². The SMILES string of the molecule is C[C@@H](NC(=O)[C@H]1CN(S(C)(=O)=O)c2cc(C(C)(C)C)ccc2O1)c1ccc(S(C)(=O)=O)cc1. The van der Waals surface area contributed by atoms with Crippen LogP contribution in [0.5, 0.6) is 5.75 Å². The molecule has 10 heteroatoms. The average Bonchev–Trinajstić information content (AvgIpc) is 2.70. The number of amides is 1. The van der Waals surface area contributed by atoms with Gasteiger partial charge in [-0.15, -0.1) is 0 Å². The summed E-state index contributed by atoms with van der Waals surface area (Å²) in [6.07, 6.45) is 1.20. The molecule has 1 amide bonds. The van der Waals surface area contributed by atoms with Crippen molar-refractivity contribution in [3.05, 3.63) is 53.6 Å². The van der Waals surface area contributed by atoms with Crippen LogP contribution < -0.4 is 14.4 Å². The molecule has 1 heterocycles. The lowest BCUT2D eigenvalue weighted by molar-refractivity contribution is -0.128. The Morgan fingerprint density at radius 2 is 1.67 bits per heavy atom. The average molecular weight is 495 g/mol. The summed E-state index contributed by atoms with van der Waals surface area (Å²) in [6, 6.07) is 11.1. The second-order valence-electron chi connectivity index (χ2n) is 9.40. The van der Waals surface area contributed by atoms with E-state index in [2.05, 4.69) is 5.32 Å². The number of hydrogen-bond donors (Lipinski definition) is 1. The normalized spacial score (nSPS) is 17.6. The molecular formula is C23H30N2O6S2. The molecule has 0 fully saturated rings. The standard InChI is InChI=1S/C23H30N2O6S2/c1-15(16-7-10-18(11-8-16)32(5,27)28)24-22(26)21-14-25(33(6,29)30)19-13-17(23(2,3)4)9-12-20(19)31-21/h7-13,15,21H,14H2,1-6H3,(H,24,26)/t15-,21-/m1/s1. The number of nitrogens with one attached hydrogen (secondary N) is 1. The molecule has 0 radical (unpaired) electrons. The van der Waals surface area contributed by atoms with Crippen molar-refractivity contribution in [1.82, 2.24) is 5.32 Å². The van der Waals surface area contributed by atoms with Crippen LogP contribution in [0, 0.1) is 0 Å². The van der Waals surface area contributed by atoms with E-state index in [1.807, 2.05) is 26.8 Å². The fraction of sp³-hybridized carbons (Fsp3) is 0.435. The van der Waals surface area contributed by atoms with E-state index >= 15 is 0 Å². The molecule has 1 N–H and O–H groups in total. The number of ether oxygens (including phenoxy) is 1. The fourth-order valence-electron chi connectivity index (χ4n) is 3.56. The third kappa shape index (κ3) is 5.67. The Kier molecular flexibility index (Phi) is 6.56. The highest BCUT2D eigenvalue weighted by Gasteiger charge is 2.36. The smallest absolute Gasteiger partial charge is 0.263 e. The summed E-state index contributed by atoms with van der Waals surface area (Å²) < 4.78 is 55.4. The van der Waals surface area contributed by atoms with Gasteiger partial charge in [-0.3, -0.25) is 9.10 Å². The molecule has 0 aromatic heterocycles. The Bertz CT molecular complexity index is 1260. The van der Waals surface area contributed by atoms with Crippen molar-refractivity contribution in [1.29, 1.82) is 0 Å². The zero-order valence-electron chi connectivity index (χ0n) is 19.6. The lowest BCUT2D eigenvalue weighted by Gasteiger charge is -2.35. The highest BCUT2D eigenvalue weighted by atomic mass is 32.2. The first-order chi connectivity index (χ1) is 15.1. The van der Waals surface area contributed by atoms with Crippen LogP contribution in [0.25, 0.3) is 0 Å². The molecule has 0 unspecified atom stereocenters. The summed E-state index contributed by atoms with van der Waals surface area (Å²) in [6.45, 7) is 7.70. The van der Waals surface area contributed by atoms with E-state index in [-0.39, 0.29) is 16.9 Å². The number of carbonyl (C=O) groups is 1. The molecule has 2 atom stereocenters. The van der Waals surface area contributed by atoms with Crippen molar-refractivity contribution in [2.45, 2.75) is 50.2 Å². The summed E-state index contributed by atoms with van der Waals surface area (Å²) in [7, 11) is -6.97. The predicted molar refractivity (Wildman–Crippen MR) is 128 cm³/mol. The van der Waals surface area contributed by atoms with Crippen LogP contribution >= 0.6 is 0 Å². The number of rotatable bonds is 5. The number of nitrogens with zero attached hydrogens (tertiary/aromatic N) is 1. The molecular weight excluding hydrogens is 464 g/mol. The van der Waals surface area contributed by atoms with Crippen LogP contribution in [0.4, 0.5) is 5.69 Å². The molecule has 180 valence electrons. The van der Waals surface area contributed by atoms with Gasteiger partial charge in [0.15, 0.2) is 15.9 Å². The first-order valence-corrected chi connectivity index (χ1v) is 14.2. The van der Waals surface area contributed by atoms with E-state index in [0.29, 0.717) is 17.0 Å². The minimum atomic E-state index is -3.65. The van der Waals surface area contributed by atoms with E-state index in [4.69, 9.17) is 4.74 Å². The van der Waals surface area contributed by atoms with E-state index in [1.165, 1.54) is 16.4 Å². The van der Waals surface area contributed by atoms with Gasteiger partial charge in [0.25, 0.3) is 5.91 Å². The van der Waals surface area contributed by atoms with E-state index in [1.54, 1.807) is 31.2 Å². The molecule has 0 saturated carbocycles. The van der Waals surface area contributed by atoms with Crippen LogP contribution in [-0.4, -0.2) is 47.9 Å². The van der Waals surface area contributed by atoms with Gasteiger partial charge >= 0.3 is 0 Å². The van der Waals surface area contributed by atoms with Gasteiger partial charge in [0.2, 0.25) is 10.0 Å². The number of hydrogen-bond acceptors (Lipinski definition) is 6. The Labute approximate surface area is 195 Å². The molecule has 2 aromatic rings. The van der Waals surface area contributed by atoms with Crippen molar-refractivity contribution in [3.8, 4) is 5.75 Å². The van der Waals surface area contributed by atoms with Crippen molar-refractivity contribution in [3.63, 3.8) is 0 Å². The Morgan fingerprint density at radius 3 is 2.18 bits per heavy atom. The van der Waals surface area contributed by atoms with Crippen LogP contribution in [-0.2, 0) is 30.1 Å². The first-order valence-electron chi connectivity index (χ1n) is 10.5. The molecule has 0 aliphatic carbocycles. The van der Waals surface area contributed by atoms with E-state index < -0.39 is 37.9 Å².